The fraction of sp³-hybridized carbons (Fsp3) is 0.692. The third-order valence-corrected chi connectivity index (χ3v) is 3.41. The Morgan fingerprint density at radius 1 is 1.47 bits per heavy atom. The molecule has 17 heavy (non-hydrogen) atoms. The van der Waals surface area contributed by atoms with Crippen molar-refractivity contribution in [2.45, 2.75) is 45.1 Å². The van der Waals surface area contributed by atoms with Gasteiger partial charge in [0.2, 0.25) is 5.95 Å². The van der Waals surface area contributed by atoms with Gasteiger partial charge in [0.05, 0.1) is 0 Å². The molecule has 1 aliphatic heterocycles. The van der Waals surface area contributed by atoms with Crippen LogP contribution in [0.4, 0.5) is 11.8 Å². The maximum Gasteiger partial charge on any atom is 0.224 e. The molecule has 0 radical (unpaired) electrons. The zero-order valence-corrected chi connectivity index (χ0v) is 10.8. The van der Waals surface area contributed by atoms with Gasteiger partial charge in [0.1, 0.15) is 5.82 Å². The number of rotatable bonds is 4. The van der Waals surface area contributed by atoms with Crippen molar-refractivity contribution in [1.82, 2.24) is 9.97 Å². The van der Waals surface area contributed by atoms with Crippen molar-refractivity contribution in [1.29, 1.82) is 0 Å². The zero-order chi connectivity index (χ0) is 12.1. The number of nitrogens with one attached hydrogen (secondary N) is 1. The second kappa shape index (κ2) is 5.84. The lowest BCUT2D eigenvalue weighted by Gasteiger charge is -2.36. The SMILES string of the molecule is CCCC1CCCCN1c1ccnc(NC)n1. The fourth-order valence-corrected chi connectivity index (χ4v) is 2.57. The molecule has 0 saturated carbocycles. The Morgan fingerprint density at radius 2 is 2.35 bits per heavy atom. The van der Waals surface area contributed by atoms with Crippen LogP contribution in [0.2, 0.25) is 0 Å². The summed E-state index contributed by atoms with van der Waals surface area (Å²) in [6.07, 6.45) is 8.27. The van der Waals surface area contributed by atoms with Crippen molar-refractivity contribution >= 4 is 11.8 Å². The topological polar surface area (TPSA) is 41.1 Å². The smallest absolute Gasteiger partial charge is 0.224 e. The molecule has 2 rings (SSSR count). The minimum atomic E-state index is 0.661. The first-order valence-corrected chi connectivity index (χ1v) is 6.62. The summed E-state index contributed by atoms with van der Waals surface area (Å²) in [5.41, 5.74) is 0. The number of hydrogen-bond acceptors (Lipinski definition) is 4. The van der Waals surface area contributed by atoms with Gasteiger partial charge in [-0.2, -0.15) is 4.98 Å². The molecule has 0 spiro atoms. The van der Waals surface area contributed by atoms with Gasteiger partial charge < -0.3 is 10.2 Å². The van der Waals surface area contributed by atoms with Gasteiger partial charge in [0.15, 0.2) is 0 Å². The summed E-state index contributed by atoms with van der Waals surface area (Å²) in [4.78, 5) is 11.2. The summed E-state index contributed by atoms with van der Waals surface area (Å²) in [5, 5.41) is 3.00. The largest absolute Gasteiger partial charge is 0.357 e. The maximum absolute atomic E-state index is 4.55. The number of nitrogens with zero attached hydrogens (tertiary/aromatic N) is 3. The van der Waals surface area contributed by atoms with Gasteiger partial charge in [-0.15, -0.1) is 0 Å². The van der Waals surface area contributed by atoms with Crippen molar-refractivity contribution < 1.29 is 0 Å². The van der Waals surface area contributed by atoms with E-state index in [0.29, 0.717) is 12.0 Å². The number of anilines is 2. The molecular formula is C13H22N4. The first-order valence-electron chi connectivity index (χ1n) is 6.62. The van der Waals surface area contributed by atoms with Crippen LogP contribution in [-0.4, -0.2) is 29.6 Å². The lowest BCUT2D eigenvalue weighted by Crippen LogP contribution is -2.40. The van der Waals surface area contributed by atoms with E-state index in [9.17, 15) is 0 Å². The first-order chi connectivity index (χ1) is 8.35. The van der Waals surface area contributed by atoms with Gasteiger partial charge in [0, 0.05) is 25.8 Å². The quantitative estimate of drug-likeness (QED) is 0.869. The fourth-order valence-electron chi connectivity index (χ4n) is 2.57. The summed E-state index contributed by atoms with van der Waals surface area (Å²) in [5.74, 6) is 1.78. The van der Waals surface area contributed by atoms with E-state index in [2.05, 4.69) is 27.1 Å². The average Bonchev–Trinajstić information content (AvgIpc) is 2.40. The molecule has 94 valence electrons. The molecule has 0 aromatic carbocycles. The summed E-state index contributed by atoms with van der Waals surface area (Å²) in [6, 6.07) is 2.68. The van der Waals surface area contributed by atoms with Crippen LogP contribution in [0, 0.1) is 0 Å². The highest BCUT2D eigenvalue weighted by molar-refractivity contribution is 5.43. The Kier molecular flexibility index (Phi) is 4.18. The number of aromatic nitrogens is 2. The Balaban J connectivity index is 2.16. The summed E-state index contributed by atoms with van der Waals surface area (Å²) < 4.78 is 0. The van der Waals surface area contributed by atoms with Gasteiger partial charge in [-0.25, -0.2) is 4.98 Å². The van der Waals surface area contributed by atoms with Crippen LogP contribution >= 0.6 is 0 Å². The average molecular weight is 234 g/mol. The summed E-state index contributed by atoms with van der Waals surface area (Å²) >= 11 is 0. The Hall–Kier alpha value is -1.32. The van der Waals surface area contributed by atoms with Crippen molar-refractivity contribution in [2.75, 3.05) is 23.8 Å². The van der Waals surface area contributed by atoms with E-state index in [4.69, 9.17) is 0 Å². The molecule has 4 nitrogen and oxygen atoms in total. The molecule has 1 atom stereocenters. The number of piperidine rings is 1. The maximum atomic E-state index is 4.55. The lowest BCUT2D eigenvalue weighted by molar-refractivity contribution is 0.432. The van der Waals surface area contributed by atoms with Crippen LogP contribution < -0.4 is 10.2 Å². The Morgan fingerprint density at radius 3 is 3.12 bits per heavy atom. The van der Waals surface area contributed by atoms with Crippen LogP contribution in [0.1, 0.15) is 39.0 Å². The highest BCUT2D eigenvalue weighted by Crippen LogP contribution is 2.26. The van der Waals surface area contributed by atoms with Crippen LogP contribution in [0.3, 0.4) is 0 Å². The van der Waals surface area contributed by atoms with Crippen LogP contribution in [0.25, 0.3) is 0 Å². The molecule has 1 aromatic heterocycles. The standard InChI is InChI=1S/C13H22N4/c1-3-6-11-7-4-5-10-17(11)12-8-9-15-13(14-2)16-12/h8-9,11H,3-7,10H2,1-2H3,(H,14,15,16). The van der Waals surface area contributed by atoms with E-state index < -0.39 is 0 Å². The van der Waals surface area contributed by atoms with E-state index in [1.54, 1.807) is 0 Å². The van der Waals surface area contributed by atoms with Gasteiger partial charge in [-0.3, -0.25) is 0 Å². The van der Waals surface area contributed by atoms with Gasteiger partial charge in [0.25, 0.3) is 0 Å². The molecule has 1 unspecified atom stereocenters. The molecule has 0 amide bonds. The summed E-state index contributed by atoms with van der Waals surface area (Å²) in [6.45, 7) is 3.39. The molecule has 0 aliphatic carbocycles. The lowest BCUT2D eigenvalue weighted by atomic mass is 9.98. The second-order valence-corrected chi connectivity index (χ2v) is 4.62. The van der Waals surface area contributed by atoms with Crippen molar-refractivity contribution in [2.24, 2.45) is 0 Å². The van der Waals surface area contributed by atoms with Gasteiger partial charge >= 0.3 is 0 Å². The summed E-state index contributed by atoms with van der Waals surface area (Å²) in [7, 11) is 1.86. The van der Waals surface area contributed by atoms with E-state index in [1.165, 1.54) is 32.1 Å². The molecule has 4 heteroatoms. The first kappa shape index (κ1) is 12.1. The molecule has 1 aromatic rings. The molecule has 1 N–H and O–H groups in total. The van der Waals surface area contributed by atoms with Gasteiger partial charge in [-0.1, -0.05) is 13.3 Å². The molecular weight excluding hydrogens is 212 g/mol. The molecule has 1 saturated heterocycles. The molecule has 0 bridgehead atoms. The van der Waals surface area contributed by atoms with Gasteiger partial charge in [-0.05, 0) is 31.7 Å². The van der Waals surface area contributed by atoms with Crippen LogP contribution in [0.5, 0.6) is 0 Å². The van der Waals surface area contributed by atoms with Crippen molar-refractivity contribution in [3.63, 3.8) is 0 Å². The van der Waals surface area contributed by atoms with E-state index in [0.717, 1.165) is 12.4 Å². The van der Waals surface area contributed by atoms with E-state index >= 15 is 0 Å². The van der Waals surface area contributed by atoms with Crippen LogP contribution in [0.15, 0.2) is 12.3 Å². The Labute approximate surface area is 103 Å². The Bertz CT molecular complexity index is 351. The molecule has 1 fully saturated rings. The monoisotopic (exact) mass is 234 g/mol. The normalized spacial score (nSPS) is 20.4. The molecule has 1 aliphatic rings. The predicted molar refractivity (Wildman–Crippen MR) is 71.5 cm³/mol. The minimum absolute atomic E-state index is 0.661. The second-order valence-electron chi connectivity index (χ2n) is 4.62. The highest BCUT2D eigenvalue weighted by Gasteiger charge is 2.22. The zero-order valence-electron chi connectivity index (χ0n) is 10.8. The third-order valence-electron chi connectivity index (χ3n) is 3.41. The van der Waals surface area contributed by atoms with E-state index in [-0.39, 0.29) is 0 Å². The van der Waals surface area contributed by atoms with Crippen molar-refractivity contribution in [3.05, 3.63) is 12.3 Å². The van der Waals surface area contributed by atoms with E-state index in [1.807, 2.05) is 19.3 Å². The van der Waals surface area contributed by atoms with Crippen molar-refractivity contribution in [3.8, 4) is 0 Å². The third kappa shape index (κ3) is 2.87. The number of hydrogen-bond donors (Lipinski definition) is 1. The van der Waals surface area contributed by atoms with Crippen LogP contribution in [-0.2, 0) is 0 Å². The predicted octanol–water partition coefficient (Wildman–Crippen LogP) is 2.68. The molecule has 2 heterocycles. The minimum Gasteiger partial charge on any atom is -0.357 e. The highest BCUT2D eigenvalue weighted by atomic mass is 15.2.